The van der Waals surface area contributed by atoms with Gasteiger partial charge in [0.05, 0.1) is 6.61 Å². The van der Waals surface area contributed by atoms with E-state index in [-0.39, 0.29) is 0 Å². The summed E-state index contributed by atoms with van der Waals surface area (Å²) in [5.41, 5.74) is 0. The standard InChI is InChI=1S/C14H29NO2.C2H6/c1-2-16-12-7-4-8-13-17-14-11-15-9-5-3-6-10-15;1-2/h2-14H2,1H3;1-2H3. The number of piperidine rings is 1. The number of ether oxygens (including phenoxy) is 2. The lowest BCUT2D eigenvalue weighted by Gasteiger charge is -2.26. The molecule has 0 spiro atoms. The first-order valence-corrected chi connectivity index (χ1v) is 8.31. The minimum atomic E-state index is 0.840. The molecule has 1 heterocycles. The number of hydrogen-bond acceptors (Lipinski definition) is 3. The van der Waals surface area contributed by atoms with E-state index in [1.807, 2.05) is 20.8 Å². The molecule has 0 unspecified atom stereocenters. The largest absolute Gasteiger partial charge is 0.382 e. The van der Waals surface area contributed by atoms with Crippen LogP contribution in [-0.4, -0.2) is 51.0 Å². The fourth-order valence-electron chi connectivity index (χ4n) is 2.21. The van der Waals surface area contributed by atoms with Gasteiger partial charge in [0.25, 0.3) is 0 Å². The van der Waals surface area contributed by atoms with Crippen LogP contribution >= 0.6 is 0 Å². The summed E-state index contributed by atoms with van der Waals surface area (Å²) in [6, 6.07) is 0. The third kappa shape index (κ3) is 12.6. The first-order chi connectivity index (χ1) is 9.43. The lowest BCUT2D eigenvalue weighted by atomic mass is 10.1. The van der Waals surface area contributed by atoms with E-state index < -0.39 is 0 Å². The number of likely N-dealkylation sites (tertiary alicyclic amines) is 1. The van der Waals surface area contributed by atoms with Crippen LogP contribution in [0, 0.1) is 0 Å². The van der Waals surface area contributed by atoms with E-state index in [1.54, 1.807) is 0 Å². The van der Waals surface area contributed by atoms with Gasteiger partial charge < -0.3 is 14.4 Å². The Morgan fingerprint density at radius 3 is 2.05 bits per heavy atom. The van der Waals surface area contributed by atoms with Gasteiger partial charge in [-0.05, 0) is 52.1 Å². The van der Waals surface area contributed by atoms with Crippen LogP contribution < -0.4 is 0 Å². The average Bonchev–Trinajstić information content (AvgIpc) is 2.49. The molecule has 19 heavy (non-hydrogen) atoms. The summed E-state index contributed by atoms with van der Waals surface area (Å²) in [6.07, 6.45) is 7.73. The van der Waals surface area contributed by atoms with E-state index in [1.165, 1.54) is 51.6 Å². The Labute approximate surface area is 120 Å². The number of hydrogen-bond donors (Lipinski definition) is 0. The molecule has 0 radical (unpaired) electrons. The van der Waals surface area contributed by atoms with Gasteiger partial charge in [0.1, 0.15) is 0 Å². The second-order valence-corrected chi connectivity index (χ2v) is 4.77. The smallest absolute Gasteiger partial charge is 0.0593 e. The van der Waals surface area contributed by atoms with Crippen molar-refractivity contribution in [2.24, 2.45) is 0 Å². The predicted molar refractivity (Wildman–Crippen MR) is 82.8 cm³/mol. The molecule has 1 fully saturated rings. The SMILES string of the molecule is CC.CCOCCCCCOCCN1CCCCC1. The molecule has 1 aliphatic rings. The Kier molecular flexibility index (Phi) is 15.8. The van der Waals surface area contributed by atoms with Crippen LogP contribution in [0.3, 0.4) is 0 Å². The van der Waals surface area contributed by atoms with Crippen LogP contribution in [-0.2, 0) is 9.47 Å². The van der Waals surface area contributed by atoms with Crippen molar-refractivity contribution in [3.63, 3.8) is 0 Å². The van der Waals surface area contributed by atoms with Gasteiger partial charge in [-0.3, -0.25) is 0 Å². The van der Waals surface area contributed by atoms with E-state index in [0.717, 1.165) is 33.0 Å². The quantitative estimate of drug-likeness (QED) is 0.566. The lowest BCUT2D eigenvalue weighted by molar-refractivity contribution is 0.0910. The van der Waals surface area contributed by atoms with E-state index in [0.29, 0.717) is 0 Å². The van der Waals surface area contributed by atoms with Gasteiger partial charge in [0.2, 0.25) is 0 Å². The zero-order chi connectivity index (χ0) is 14.2. The van der Waals surface area contributed by atoms with E-state index >= 15 is 0 Å². The van der Waals surface area contributed by atoms with Gasteiger partial charge in [0, 0.05) is 26.4 Å². The monoisotopic (exact) mass is 273 g/mol. The first-order valence-electron chi connectivity index (χ1n) is 8.31. The van der Waals surface area contributed by atoms with Crippen LogP contribution in [0.4, 0.5) is 0 Å². The van der Waals surface area contributed by atoms with E-state index in [4.69, 9.17) is 9.47 Å². The molecule has 0 bridgehead atoms. The highest BCUT2D eigenvalue weighted by Gasteiger charge is 2.08. The summed E-state index contributed by atoms with van der Waals surface area (Å²) in [5.74, 6) is 0. The second kappa shape index (κ2) is 15.9. The topological polar surface area (TPSA) is 21.7 Å². The highest BCUT2D eigenvalue weighted by atomic mass is 16.5. The molecule has 0 aromatic heterocycles. The minimum Gasteiger partial charge on any atom is -0.382 e. The number of rotatable bonds is 10. The molecule has 3 nitrogen and oxygen atoms in total. The van der Waals surface area contributed by atoms with Crippen molar-refractivity contribution in [3.8, 4) is 0 Å². The summed E-state index contributed by atoms with van der Waals surface area (Å²) in [4.78, 5) is 2.53. The Hall–Kier alpha value is -0.120. The lowest BCUT2D eigenvalue weighted by Crippen LogP contribution is -2.32. The zero-order valence-corrected chi connectivity index (χ0v) is 13.5. The summed E-state index contributed by atoms with van der Waals surface area (Å²) < 4.78 is 11.0. The maximum atomic E-state index is 5.66. The van der Waals surface area contributed by atoms with Gasteiger partial charge in [-0.2, -0.15) is 0 Å². The van der Waals surface area contributed by atoms with Crippen molar-refractivity contribution in [1.29, 1.82) is 0 Å². The molecule has 1 aliphatic heterocycles. The van der Waals surface area contributed by atoms with Gasteiger partial charge in [0.15, 0.2) is 0 Å². The maximum Gasteiger partial charge on any atom is 0.0593 e. The van der Waals surface area contributed by atoms with Crippen LogP contribution in [0.15, 0.2) is 0 Å². The number of nitrogens with zero attached hydrogens (tertiary/aromatic N) is 1. The van der Waals surface area contributed by atoms with Crippen molar-refractivity contribution in [2.75, 3.05) is 46.1 Å². The Morgan fingerprint density at radius 1 is 0.789 bits per heavy atom. The van der Waals surface area contributed by atoms with Gasteiger partial charge >= 0.3 is 0 Å². The second-order valence-electron chi connectivity index (χ2n) is 4.77. The highest BCUT2D eigenvalue weighted by molar-refractivity contribution is 4.63. The molecule has 0 aliphatic carbocycles. The van der Waals surface area contributed by atoms with Crippen LogP contribution in [0.25, 0.3) is 0 Å². The molecule has 116 valence electrons. The molecule has 0 atom stereocenters. The van der Waals surface area contributed by atoms with Crippen molar-refractivity contribution < 1.29 is 9.47 Å². The zero-order valence-electron chi connectivity index (χ0n) is 13.5. The van der Waals surface area contributed by atoms with Gasteiger partial charge in [-0.25, -0.2) is 0 Å². The van der Waals surface area contributed by atoms with Crippen LogP contribution in [0.5, 0.6) is 0 Å². The highest BCUT2D eigenvalue weighted by Crippen LogP contribution is 2.07. The molecular formula is C16H35NO2. The van der Waals surface area contributed by atoms with Crippen LogP contribution in [0.1, 0.15) is 59.3 Å². The van der Waals surface area contributed by atoms with Crippen molar-refractivity contribution in [2.45, 2.75) is 59.3 Å². The Balaban J connectivity index is 0.00000154. The van der Waals surface area contributed by atoms with E-state index in [9.17, 15) is 0 Å². The molecule has 3 heteroatoms. The van der Waals surface area contributed by atoms with Gasteiger partial charge in [-0.1, -0.05) is 20.3 Å². The Morgan fingerprint density at radius 2 is 1.42 bits per heavy atom. The summed E-state index contributed by atoms with van der Waals surface area (Å²) in [6.45, 7) is 13.3. The molecule has 0 amide bonds. The van der Waals surface area contributed by atoms with Crippen molar-refractivity contribution in [3.05, 3.63) is 0 Å². The summed E-state index contributed by atoms with van der Waals surface area (Å²) >= 11 is 0. The normalized spacial score (nSPS) is 15.9. The van der Waals surface area contributed by atoms with Crippen molar-refractivity contribution in [1.82, 2.24) is 4.90 Å². The fraction of sp³-hybridized carbons (Fsp3) is 1.00. The third-order valence-corrected chi connectivity index (χ3v) is 3.28. The average molecular weight is 273 g/mol. The minimum absolute atomic E-state index is 0.840. The van der Waals surface area contributed by atoms with E-state index in [2.05, 4.69) is 4.90 Å². The molecule has 0 aromatic rings. The molecule has 0 N–H and O–H groups in total. The van der Waals surface area contributed by atoms with Crippen LogP contribution in [0.2, 0.25) is 0 Å². The molecule has 0 saturated carbocycles. The maximum absolute atomic E-state index is 5.66. The molecule has 0 aromatic carbocycles. The predicted octanol–water partition coefficient (Wildman–Crippen LogP) is 3.72. The number of unbranched alkanes of at least 4 members (excludes halogenated alkanes) is 2. The molecule has 1 saturated heterocycles. The summed E-state index contributed by atoms with van der Waals surface area (Å²) in [5, 5.41) is 0. The fourth-order valence-corrected chi connectivity index (χ4v) is 2.21. The summed E-state index contributed by atoms with van der Waals surface area (Å²) in [7, 11) is 0. The Bertz CT molecular complexity index is 159. The molecule has 1 rings (SSSR count). The third-order valence-electron chi connectivity index (χ3n) is 3.28. The van der Waals surface area contributed by atoms with Gasteiger partial charge in [-0.15, -0.1) is 0 Å². The first kappa shape index (κ1) is 18.9. The molecular weight excluding hydrogens is 238 g/mol. The van der Waals surface area contributed by atoms with Crippen molar-refractivity contribution >= 4 is 0 Å².